The second kappa shape index (κ2) is 8.61. The van der Waals surface area contributed by atoms with E-state index in [2.05, 4.69) is 4.99 Å². The zero-order chi connectivity index (χ0) is 12.4. The lowest BCUT2D eigenvalue weighted by atomic mass is 10.1. The van der Waals surface area contributed by atoms with Gasteiger partial charge in [0.2, 0.25) is 0 Å². The number of aliphatic carboxylic acids is 1. The van der Waals surface area contributed by atoms with E-state index in [0.717, 1.165) is 7.11 Å². The molecule has 0 bridgehead atoms. The lowest BCUT2D eigenvalue weighted by molar-refractivity contribution is -0.129. The minimum atomic E-state index is -0.962. The fourth-order valence-electron chi connectivity index (χ4n) is 1.03. The Morgan fingerprint density at radius 1 is 1.38 bits per heavy atom. The van der Waals surface area contributed by atoms with Crippen molar-refractivity contribution in [3.8, 4) is 0 Å². The molecule has 0 radical (unpaired) electrons. The van der Waals surface area contributed by atoms with Gasteiger partial charge in [-0.1, -0.05) is 37.3 Å². The molecule has 1 atom stereocenters. The maximum atomic E-state index is 10.7. The van der Waals surface area contributed by atoms with Crippen molar-refractivity contribution in [3.63, 3.8) is 0 Å². The summed E-state index contributed by atoms with van der Waals surface area (Å²) in [7, 11) is 1.00. The maximum absolute atomic E-state index is 10.7. The van der Waals surface area contributed by atoms with Gasteiger partial charge in [0, 0.05) is 19.7 Å². The third-order valence-electron chi connectivity index (χ3n) is 1.84. The number of carboxylic acid groups (broad SMARTS) is 1. The monoisotopic (exact) mass is 223 g/mol. The summed E-state index contributed by atoms with van der Waals surface area (Å²) in [4.78, 5) is 14.6. The average Bonchev–Trinajstić information content (AvgIpc) is 2.29. The Labute approximate surface area is 95.3 Å². The lowest BCUT2D eigenvalue weighted by Gasteiger charge is -1.98. The zero-order valence-electron chi connectivity index (χ0n) is 9.50. The molecule has 4 nitrogen and oxygen atoms in total. The van der Waals surface area contributed by atoms with Crippen LogP contribution in [-0.2, 0) is 4.79 Å². The predicted molar refractivity (Wildman–Crippen MR) is 64.4 cm³/mol. The molecular weight excluding hydrogens is 206 g/mol. The Hall–Kier alpha value is -1.68. The first-order valence-electron chi connectivity index (χ1n) is 4.95. The van der Waals surface area contributed by atoms with E-state index in [9.17, 15) is 4.79 Å². The van der Waals surface area contributed by atoms with E-state index in [-0.39, 0.29) is 11.6 Å². The maximum Gasteiger partial charge on any atom is 0.350 e. The fraction of sp³-hybridized carbons (Fsp3) is 0.333. The van der Waals surface area contributed by atoms with E-state index in [1.165, 1.54) is 0 Å². The number of carbonyl (C=O) groups is 1. The summed E-state index contributed by atoms with van der Waals surface area (Å²) in [5, 5.41) is 15.8. The number of aliphatic hydroxyl groups is 1. The van der Waals surface area contributed by atoms with Gasteiger partial charge >= 0.3 is 5.97 Å². The summed E-state index contributed by atoms with van der Waals surface area (Å²) in [5.74, 6) is -0.687. The first kappa shape index (κ1) is 14.3. The Morgan fingerprint density at radius 3 is 2.69 bits per heavy atom. The van der Waals surface area contributed by atoms with Crippen LogP contribution >= 0.6 is 0 Å². The van der Waals surface area contributed by atoms with Crippen LogP contribution in [0.5, 0.6) is 0 Å². The molecule has 0 amide bonds. The fourth-order valence-corrected chi connectivity index (χ4v) is 1.03. The highest BCUT2D eigenvalue weighted by Crippen LogP contribution is 2.03. The summed E-state index contributed by atoms with van der Waals surface area (Å²) in [5.41, 5.74) is 0.167. The van der Waals surface area contributed by atoms with Gasteiger partial charge in [0.05, 0.1) is 0 Å². The van der Waals surface area contributed by atoms with Crippen molar-refractivity contribution in [2.45, 2.75) is 13.3 Å². The molecular formula is C12H17NO3. The number of nitrogens with zero attached hydrogens (tertiary/aromatic N) is 1. The SMILES string of the molecule is CC1/C=C\C=C/CC(C(=O)O)=N/C=C\1.CO. The van der Waals surface area contributed by atoms with Crippen LogP contribution in [0.25, 0.3) is 0 Å². The van der Waals surface area contributed by atoms with Gasteiger partial charge in [0.25, 0.3) is 0 Å². The summed E-state index contributed by atoms with van der Waals surface area (Å²) in [6.07, 6.45) is 11.3. The van der Waals surface area contributed by atoms with E-state index < -0.39 is 5.97 Å². The highest BCUT2D eigenvalue weighted by Gasteiger charge is 2.05. The van der Waals surface area contributed by atoms with E-state index in [0.29, 0.717) is 6.42 Å². The molecule has 1 aliphatic heterocycles. The molecule has 4 heteroatoms. The van der Waals surface area contributed by atoms with Gasteiger partial charge in [-0.25, -0.2) is 4.79 Å². The molecule has 0 aliphatic carbocycles. The Bertz CT molecular complexity index is 327. The Morgan fingerprint density at radius 2 is 2.06 bits per heavy atom. The van der Waals surface area contributed by atoms with Gasteiger partial charge in [-0.15, -0.1) is 0 Å². The summed E-state index contributed by atoms with van der Waals surface area (Å²) in [6.45, 7) is 2.01. The van der Waals surface area contributed by atoms with Crippen LogP contribution in [0.1, 0.15) is 13.3 Å². The van der Waals surface area contributed by atoms with E-state index in [1.807, 2.05) is 31.2 Å². The number of allylic oxidation sites excluding steroid dienone is 5. The van der Waals surface area contributed by atoms with Crippen molar-refractivity contribution in [1.29, 1.82) is 0 Å². The van der Waals surface area contributed by atoms with Gasteiger partial charge in [-0.3, -0.25) is 4.99 Å². The van der Waals surface area contributed by atoms with E-state index >= 15 is 0 Å². The van der Waals surface area contributed by atoms with Crippen LogP contribution in [0.4, 0.5) is 0 Å². The normalized spacial score (nSPS) is 25.4. The molecule has 1 aliphatic rings. The number of carboxylic acids is 1. The van der Waals surface area contributed by atoms with Gasteiger partial charge < -0.3 is 10.2 Å². The number of hydrogen-bond donors (Lipinski definition) is 2. The molecule has 0 aromatic heterocycles. The minimum Gasteiger partial charge on any atom is -0.477 e. The molecule has 0 saturated carbocycles. The first-order valence-corrected chi connectivity index (χ1v) is 4.95. The van der Waals surface area contributed by atoms with Gasteiger partial charge in [0.15, 0.2) is 0 Å². The van der Waals surface area contributed by atoms with Crippen molar-refractivity contribution in [2.24, 2.45) is 10.9 Å². The largest absolute Gasteiger partial charge is 0.477 e. The molecule has 88 valence electrons. The summed E-state index contributed by atoms with van der Waals surface area (Å²) >= 11 is 0. The van der Waals surface area contributed by atoms with Crippen molar-refractivity contribution >= 4 is 11.7 Å². The van der Waals surface area contributed by atoms with E-state index in [4.69, 9.17) is 10.2 Å². The van der Waals surface area contributed by atoms with Crippen LogP contribution in [-0.4, -0.2) is 29.0 Å². The minimum absolute atomic E-state index is 0.167. The van der Waals surface area contributed by atoms with Gasteiger partial charge in [-0.05, 0) is 5.92 Å². The first-order chi connectivity index (χ1) is 7.70. The summed E-state index contributed by atoms with van der Waals surface area (Å²) in [6, 6.07) is 0. The predicted octanol–water partition coefficient (Wildman–Crippen LogP) is 1.79. The molecule has 0 saturated heterocycles. The van der Waals surface area contributed by atoms with Crippen LogP contribution in [0.15, 0.2) is 41.6 Å². The molecule has 1 heterocycles. The molecule has 1 unspecified atom stereocenters. The lowest BCUT2D eigenvalue weighted by Crippen LogP contribution is -2.11. The summed E-state index contributed by atoms with van der Waals surface area (Å²) < 4.78 is 0. The van der Waals surface area contributed by atoms with Crippen molar-refractivity contribution in [2.75, 3.05) is 7.11 Å². The van der Waals surface area contributed by atoms with Crippen LogP contribution in [0, 0.1) is 5.92 Å². The van der Waals surface area contributed by atoms with Gasteiger partial charge in [-0.2, -0.15) is 0 Å². The third kappa shape index (κ3) is 5.93. The Kier molecular flexibility index (Phi) is 7.71. The van der Waals surface area contributed by atoms with Crippen molar-refractivity contribution < 1.29 is 15.0 Å². The number of aliphatic hydroxyl groups excluding tert-OH is 1. The molecule has 0 fully saturated rings. The average molecular weight is 223 g/mol. The quantitative estimate of drug-likeness (QED) is 0.712. The third-order valence-corrected chi connectivity index (χ3v) is 1.84. The second-order valence-electron chi connectivity index (χ2n) is 3.10. The smallest absolute Gasteiger partial charge is 0.350 e. The van der Waals surface area contributed by atoms with Crippen LogP contribution in [0.2, 0.25) is 0 Å². The number of aliphatic imine (C=N–C) groups is 1. The highest BCUT2D eigenvalue weighted by molar-refractivity contribution is 6.36. The molecule has 0 aromatic carbocycles. The van der Waals surface area contributed by atoms with Crippen LogP contribution in [0.3, 0.4) is 0 Å². The van der Waals surface area contributed by atoms with Crippen molar-refractivity contribution in [3.05, 3.63) is 36.6 Å². The Balaban J connectivity index is 0.00000106. The molecule has 1 rings (SSSR count). The van der Waals surface area contributed by atoms with Crippen LogP contribution < -0.4 is 0 Å². The topological polar surface area (TPSA) is 69.9 Å². The van der Waals surface area contributed by atoms with Crippen molar-refractivity contribution in [1.82, 2.24) is 0 Å². The molecule has 2 N–H and O–H groups in total. The number of rotatable bonds is 1. The highest BCUT2D eigenvalue weighted by atomic mass is 16.4. The standard InChI is InChI=1S/C11H13NO2.CH4O/c1-9-5-3-2-4-6-10(11(13)14)12-8-7-9;1-2/h2-5,7-9H,6H2,1H3,(H,13,14);2H,1H3/b4-2-,5-3-,8-7-,12-10?;. The van der Waals surface area contributed by atoms with Gasteiger partial charge in [0.1, 0.15) is 5.71 Å². The number of hydrogen-bond acceptors (Lipinski definition) is 3. The molecule has 16 heavy (non-hydrogen) atoms. The molecule has 0 aromatic rings. The van der Waals surface area contributed by atoms with E-state index in [1.54, 1.807) is 12.3 Å². The zero-order valence-corrected chi connectivity index (χ0v) is 9.50. The second-order valence-corrected chi connectivity index (χ2v) is 3.10. The molecule has 0 spiro atoms.